The van der Waals surface area contributed by atoms with E-state index in [1.165, 1.54) is 9.75 Å². The Hall–Kier alpha value is -5.18. The molecule has 60 heavy (non-hydrogen) atoms. The molecule has 0 N–H and O–H groups in total. The van der Waals surface area contributed by atoms with Crippen molar-refractivity contribution in [1.29, 1.82) is 0 Å². The second kappa shape index (κ2) is 16.7. The fourth-order valence-corrected chi connectivity index (χ4v) is 9.02. The minimum Gasteiger partial charge on any atom is -0.289 e. The summed E-state index contributed by atoms with van der Waals surface area (Å²) in [6.07, 6.45) is 11.3. The van der Waals surface area contributed by atoms with Crippen LogP contribution in [0.4, 0.5) is 11.4 Å². The van der Waals surface area contributed by atoms with Crippen molar-refractivity contribution in [3.05, 3.63) is 141 Å². The van der Waals surface area contributed by atoms with Crippen LogP contribution in [0.1, 0.15) is 92.8 Å². The molecule has 2 heterocycles. The molecule has 0 aliphatic heterocycles. The highest BCUT2D eigenvalue weighted by molar-refractivity contribution is 7.15. The fraction of sp³-hybridized carbons (Fsp3) is 0.346. The summed E-state index contributed by atoms with van der Waals surface area (Å²) in [7, 11) is 0. The van der Waals surface area contributed by atoms with E-state index >= 15 is 0 Å². The van der Waals surface area contributed by atoms with Gasteiger partial charge in [-0.05, 0) is 131 Å². The van der Waals surface area contributed by atoms with E-state index < -0.39 is 0 Å². The predicted molar refractivity (Wildman–Crippen MR) is 253 cm³/mol. The van der Waals surface area contributed by atoms with E-state index in [9.17, 15) is 9.59 Å². The summed E-state index contributed by atoms with van der Waals surface area (Å²) in [6.45, 7) is 29.1. The first-order chi connectivity index (χ1) is 27.9. The number of hydrogen-bond acceptors (Lipinski definition) is 8. The predicted octanol–water partition coefficient (Wildman–Crippen LogP) is 16.4. The second-order valence-electron chi connectivity index (χ2n) is 19.9. The molecule has 4 aromatic rings. The molecule has 0 amide bonds. The van der Waals surface area contributed by atoms with Crippen LogP contribution in [0.5, 0.6) is 0 Å². The minimum absolute atomic E-state index is 0.0959. The van der Waals surface area contributed by atoms with Crippen LogP contribution in [-0.2, 0) is 9.59 Å². The molecule has 6 nitrogen and oxygen atoms in total. The van der Waals surface area contributed by atoms with Crippen molar-refractivity contribution >= 4 is 45.6 Å². The molecule has 0 saturated carbocycles. The number of rotatable bonds is 7. The Balaban J connectivity index is 1.41. The van der Waals surface area contributed by atoms with Crippen LogP contribution in [0.15, 0.2) is 151 Å². The van der Waals surface area contributed by atoms with Gasteiger partial charge in [-0.3, -0.25) is 9.59 Å². The van der Waals surface area contributed by atoms with Crippen LogP contribution >= 0.6 is 22.7 Å². The van der Waals surface area contributed by atoms with Gasteiger partial charge in [-0.2, -0.15) is 20.5 Å². The average Bonchev–Trinajstić information content (AvgIpc) is 3.78. The van der Waals surface area contributed by atoms with Crippen LogP contribution in [-0.4, -0.2) is 11.6 Å². The molecular formula is C52H58N4O2S2. The molecule has 6 rings (SSSR count). The number of carbonyl (C=O) groups excluding carboxylic acids is 2. The number of ketones is 2. The standard InChI is InChI=1S/C52H58N4O2S2/c1-31-15-21-45(59-31)39-27-35(55-53-29-33-23-41(49(3,4)5)47(57)42(24-33)50(6,7)8)17-19-37(39)38-20-18-36(28-40(38)46-22-16-32(2)60-46)56-54-30-34-25-43(51(9,10)11)48(58)44(26-34)52(12,13)14/h15-30H,1-14H3. The molecule has 0 fully saturated rings. The topological polar surface area (TPSA) is 83.6 Å². The molecule has 0 spiro atoms. The lowest BCUT2D eigenvalue weighted by molar-refractivity contribution is -0.114. The second-order valence-corrected chi connectivity index (χ2v) is 22.4. The Kier molecular flexibility index (Phi) is 12.4. The molecule has 0 radical (unpaired) electrons. The number of allylic oxidation sites excluding steroid dienone is 10. The van der Waals surface area contributed by atoms with Gasteiger partial charge in [-0.15, -0.1) is 22.7 Å². The number of nitrogens with zero attached hydrogens (tertiary/aromatic N) is 4. The third-order valence-corrected chi connectivity index (χ3v) is 12.6. The van der Waals surface area contributed by atoms with Crippen molar-refractivity contribution in [2.24, 2.45) is 42.1 Å². The molecule has 8 heteroatoms. The van der Waals surface area contributed by atoms with Gasteiger partial charge in [0.05, 0.1) is 23.8 Å². The Morgan fingerprint density at radius 1 is 0.433 bits per heavy atom. The summed E-state index contributed by atoms with van der Waals surface area (Å²) in [4.78, 5) is 31.6. The number of hydrogen-bond donors (Lipinski definition) is 0. The van der Waals surface area contributed by atoms with Gasteiger partial charge in [0, 0.05) is 52.9 Å². The van der Waals surface area contributed by atoms with Gasteiger partial charge in [0.1, 0.15) is 0 Å². The molecule has 2 aromatic carbocycles. The molecule has 2 aliphatic rings. The Morgan fingerprint density at radius 2 is 0.750 bits per heavy atom. The summed E-state index contributed by atoms with van der Waals surface area (Å²) >= 11 is 3.49. The Labute approximate surface area is 365 Å². The number of Topliss-reactive ketones (excluding diaryl/α,β-unsaturated/α-hetero) is 2. The lowest BCUT2D eigenvalue weighted by Crippen LogP contribution is -2.27. The lowest BCUT2D eigenvalue weighted by atomic mass is 9.72. The van der Waals surface area contributed by atoms with Gasteiger partial charge in [-0.1, -0.05) is 95.2 Å². The SMILES string of the molecule is Cc1ccc(-c2cc(N=NC=C3C=C(C(C)(C)C)C(=O)C(C(C)(C)C)=C3)ccc2-c2ccc(N=NC=C3C=C(C(C)(C)C)C(=O)C(C(C)(C)C)=C3)cc2-c2ccc(C)s2)s1. The molecule has 2 aromatic heterocycles. The highest BCUT2D eigenvalue weighted by Gasteiger charge is 2.35. The van der Waals surface area contributed by atoms with Crippen molar-refractivity contribution in [3.63, 3.8) is 0 Å². The number of thiophene rings is 2. The minimum atomic E-state index is -0.305. The first-order valence-corrected chi connectivity index (χ1v) is 22.2. The maximum Gasteiger partial charge on any atom is 0.186 e. The van der Waals surface area contributed by atoms with Crippen molar-refractivity contribution in [1.82, 2.24) is 0 Å². The number of azo groups is 2. The monoisotopic (exact) mass is 834 g/mol. The van der Waals surface area contributed by atoms with Crippen molar-refractivity contribution in [2.45, 2.75) is 96.9 Å². The average molecular weight is 835 g/mol. The van der Waals surface area contributed by atoms with Gasteiger partial charge < -0.3 is 0 Å². The molecule has 0 unspecified atom stereocenters. The molecule has 310 valence electrons. The molecule has 0 bridgehead atoms. The van der Waals surface area contributed by atoms with Crippen LogP contribution in [0, 0.1) is 35.5 Å². The van der Waals surface area contributed by atoms with Crippen molar-refractivity contribution in [2.75, 3.05) is 0 Å². The Bertz CT molecular complexity index is 2370. The van der Waals surface area contributed by atoms with Gasteiger partial charge in [-0.25, -0.2) is 0 Å². The highest BCUT2D eigenvalue weighted by Crippen LogP contribution is 2.45. The largest absolute Gasteiger partial charge is 0.289 e. The molecule has 0 atom stereocenters. The maximum absolute atomic E-state index is 13.5. The summed E-state index contributed by atoms with van der Waals surface area (Å²) in [6, 6.07) is 21.1. The lowest BCUT2D eigenvalue weighted by Gasteiger charge is -2.31. The normalized spacial score (nSPS) is 15.8. The van der Waals surface area contributed by atoms with Crippen molar-refractivity contribution < 1.29 is 9.59 Å². The zero-order valence-corrected chi connectivity index (χ0v) is 39.3. The van der Waals surface area contributed by atoms with Gasteiger partial charge in [0.25, 0.3) is 0 Å². The smallest absolute Gasteiger partial charge is 0.186 e. The Morgan fingerprint density at radius 3 is 1.02 bits per heavy atom. The van der Waals surface area contributed by atoms with Crippen LogP contribution in [0.2, 0.25) is 0 Å². The quantitative estimate of drug-likeness (QED) is 0.174. The zero-order chi connectivity index (χ0) is 43.9. The van der Waals surface area contributed by atoms with Gasteiger partial charge in [0.15, 0.2) is 11.6 Å². The first kappa shape index (κ1) is 44.4. The van der Waals surface area contributed by atoms with E-state index in [0.29, 0.717) is 0 Å². The van der Waals surface area contributed by atoms with Gasteiger partial charge in [0.2, 0.25) is 0 Å². The molecule has 2 aliphatic carbocycles. The van der Waals surface area contributed by atoms with Crippen LogP contribution in [0.3, 0.4) is 0 Å². The molecular weight excluding hydrogens is 777 g/mol. The van der Waals surface area contributed by atoms with Gasteiger partial charge >= 0.3 is 0 Å². The third-order valence-electron chi connectivity index (χ3n) is 10.5. The molecule has 0 saturated heterocycles. The van der Waals surface area contributed by atoms with E-state index in [-0.39, 0.29) is 33.2 Å². The van der Waals surface area contributed by atoms with E-state index in [0.717, 1.165) is 76.8 Å². The number of benzene rings is 2. The third kappa shape index (κ3) is 10.0. The van der Waals surface area contributed by atoms with E-state index in [1.807, 2.05) is 36.4 Å². The van der Waals surface area contributed by atoms with Crippen molar-refractivity contribution in [3.8, 4) is 32.0 Å². The van der Waals surface area contributed by atoms with Crippen LogP contribution < -0.4 is 0 Å². The summed E-state index contributed by atoms with van der Waals surface area (Å²) in [5, 5.41) is 18.5. The number of aryl methyl sites for hydroxylation is 2. The highest BCUT2D eigenvalue weighted by atomic mass is 32.1. The van der Waals surface area contributed by atoms with E-state index in [2.05, 4.69) is 166 Å². The summed E-state index contributed by atoms with van der Waals surface area (Å²) < 4.78 is 0. The summed E-state index contributed by atoms with van der Waals surface area (Å²) in [5.41, 5.74) is 9.34. The zero-order valence-electron chi connectivity index (χ0n) is 37.7. The summed E-state index contributed by atoms with van der Waals surface area (Å²) in [5.74, 6) is 0.192. The number of carbonyl (C=O) groups is 2. The van der Waals surface area contributed by atoms with E-state index in [1.54, 1.807) is 35.1 Å². The fourth-order valence-electron chi connectivity index (χ4n) is 7.23. The maximum atomic E-state index is 13.5. The first-order valence-electron chi connectivity index (χ1n) is 20.5. The van der Waals surface area contributed by atoms with Crippen LogP contribution in [0.25, 0.3) is 32.0 Å². The van der Waals surface area contributed by atoms with E-state index in [4.69, 9.17) is 0 Å².